The van der Waals surface area contributed by atoms with Crippen molar-refractivity contribution in [3.63, 3.8) is 0 Å². The van der Waals surface area contributed by atoms with E-state index in [-0.39, 0.29) is 11.5 Å². The number of benzene rings is 2. The fraction of sp³-hybridized carbons (Fsp3) is 0.280. The number of halogens is 1. The number of hydrogen-bond acceptors (Lipinski definition) is 6. The van der Waals surface area contributed by atoms with E-state index in [1.807, 2.05) is 0 Å². The maximum Gasteiger partial charge on any atom is 0.341 e. The minimum absolute atomic E-state index is 0.112. The number of aryl methyl sites for hydroxylation is 1. The quantitative estimate of drug-likeness (QED) is 0.453. The number of nitrogens with one attached hydrogen (secondary N) is 1. The average molecular weight is 531 g/mol. The first-order valence-corrected chi connectivity index (χ1v) is 14.0. The van der Waals surface area contributed by atoms with E-state index in [0.717, 1.165) is 40.4 Å². The van der Waals surface area contributed by atoms with Crippen LogP contribution in [-0.4, -0.2) is 33.4 Å². The number of esters is 1. The van der Waals surface area contributed by atoms with Gasteiger partial charge < -0.3 is 10.1 Å². The van der Waals surface area contributed by atoms with Crippen LogP contribution >= 0.6 is 22.9 Å². The van der Waals surface area contributed by atoms with Crippen molar-refractivity contribution in [3.05, 3.63) is 63.5 Å². The summed E-state index contributed by atoms with van der Waals surface area (Å²) in [5.41, 5.74) is 2.86. The van der Waals surface area contributed by atoms with Crippen LogP contribution in [0.25, 0.3) is 11.1 Å². The summed E-state index contributed by atoms with van der Waals surface area (Å²) in [5, 5.41) is 3.68. The van der Waals surface area contributed by atoms with Crippen LogP contribution in [0.5, 0.6) is 0 Å². The van der Waals surface area contributed by atoms with Crippen molar-refractivity contribution in [2.24, 2.45) is 0 Å². The summed E-state index contributed by atoms with van der Waals surface area (Å²) in [6.07, 6.45) is 3.58. The van der Waals surface area contributed by atoms with Crippen LogP contribution in [-0.2, 0) is 32.4 Å². The summed E-state index contributed by atoms with van der Waals surface area (Å²) >= 11 is 7.57. The summed E-state index contributed by atoms with van der Waals surface area (Å²) in [5.74, 6) is -1.01. The van der Waals surface area contributed by atoms with Crippen LogP contribution in [0.3, 0.4) is 0 Å². The van der Waals surface area contributed by atoms with Gasteiger partial charge in [0.15, 0.2) is 0 Å². The highest BCUT2D eigenvalue weighted by molar-refractivity contribution is 7.93. The SMILES string of the molecule is CCOC(=O)c1c(NC(=O)CN2c3ccc(Cl)cc3-c3ccccc3S2(=O)=O)sc2c1CCCC2. The van der Waals surface area contributed by atoms with E-state index < -0.39 is 28.4 Å². The zero-order chi connectivity index (χ0) is 24.7. The fourth-order valence-electron chi connectivity index (χ4n) is 4.64. The zero-order valence-corrected chi connectivity index (χ0v) is 21.4. The molecule has 182 valence electrons. The Morgan fingerprint density at radius 3 is 2.69 bits per heavy atom. The van der Waals surface area contributed by atoms with E-state index in [2.05, 4.69) is 5.32 Å². The molecule has 0 saturated carbocycles. The Labute approximate surface area is 212 Å². The number of hydrogen-bond donors (Lipinski definition) is 1. The molecule has 0 fully saturated rings. The van der Waals surface area contributed by atoms with Crippen LogP contribution in [0, 0.1) is 0 Å². The Balaban J connectivity index is 1.50. The topological polar surface area (TPSA) is 92.8 Å². The smallest absolute Gasteiger partial charge is 0.341 e. The molecular formula is C25H23ClN2O5S2. The number of ether oxygens (including phenoxy) is 1. The largest absolute Gasteiger partial charge is 0.462 e. The molecule has 2 heterocycles. The van der Waals surface area contributed by atoms with Crippen molar-refractivity contribution in [1.29, 1.82) is 0 Å². The lowest BCUT2D eigenvalue weighted by Crippen LogP contribution is -2.40. The van der Waals surface area contributed by atoms with Crippen molar-refractivity contribution in [2.75, 3.05) is 22.8 Å². The number of amides is 1. The predicted octanol–water partition coefficient (Wildman–Crippen LogP) is 5.27. The van der Waals surface area contributed by atoms with Gasteiger partial charge in [0.25, 0.3) is 10.0 Å². The van der Waals surface area contributed by atoms with Crippen molar-refractivity contribution in [3.8, 4) is 11.1 Å². The molecule has 0 saturated heterocycles. The molecule has 1 aromatic heterocycles. The fourth-order valence-corrected chi connectivity index (χ4v) is 7.76. The molecule has 0 unspecified atom stereocenters. The van der Waals surface area contributed by atoms with Gasteiger partial charge in [-0.3, -0.25) is 9.10 Å². The highest BCUT2D eigenvalue weighted by Crippen LogP contribution is 2.44. The molecule has 1 amide bonds. The molecule has 0 radical (unpaired) electrons. The van der Waals surface area contributed by atoms with Gasteiger partial charge in [-0.1, -0.05) is 29.8 Å². The third kappa shape index (κ3) is 4.22. The maximum absolute atomic E-state index is 13.5. The summed E-state index contributed by atoms with van der Waals surface area (Å²) in [6, 6.07) is 11.5. The number of thiophene rings is 1. The number of anilines is 2. The van der Waals surface area contributed by atoms with Gasteiger partial charge >= 0.3 is 5.97 Å². The Morgan fingerprint density at radius 2 is 1.89 bits per heavy atom. The van der Waals surface area contributed by atoms with Crippen molar-refractivity contribution >= 4 is 55.5 Å². The molecule has 1 N–H and O–H groups in total. The van der Waals surface area contributed by atoms with Crippen LogP contribution in [0.1, 0.15) is 40.6 Å². The lowest BCUT2D eigenvalue weighted by atomic mass is 9.95. The minimum Gasteiger partial charge on any atom is -0.462 e. The second-order valence-corrected chi connectivity index (χ2v) is 11.7. The van der Waals surface area contributed by atoms with Crippen LogP contribution in [0.15, 0.2) is 47.4 Å². The van der Waals surface area contributed by atoms with Gasteiger partial charge in [0.1, 0.15) is 11.5 Å². The van der Waals surface area contributed by atoms with Gasteiger partial charge in [0.05, 0.1) is 22.8 Å². The van der Waals surface area contributed by atoms with E-state index in [0.29, 0.717) is 32.4 Å². The molecule has 0 atom stereocenters. The summed E-state index contributed by atoms with van der Waals surface area (Å²) < 4.78 is 33.3. The highest BCUT2D eigenvalue weighted by Gasteiger charge is 2.36. The molecule has 0 bridgehead atoms. The van der Waals surface area contributed by atoms with E-state index in [1.54, 1.807) is 43.3 Å². The lowest BCUT2D eigenvalue weighted by molar-refractivity contribution is -0.114. The Morgan fingerprint density at radius 1 is 1.11 bits per heavy atom. The summed E-state index contributed by atoms with van der Waals surface area (Å²) in [7, 11) is -3.99. The first-order valence-electron chi connectivity index (χ1n) is 11.3. The maximum atomic E-state index is 13.5. The molecule has 10 heteroatoms. The first-order chi connectivity index (χ1) is 16.8. The van der Waals surface area contributed by atoms with Gasteiger partial charge in [0, 0.05) is 21.0 Å². The molecular weight excluding hydrogens is 508 g/mol. The van der Waals surface area contributed by atoms with E-state index in [9.17, 15) is 18.0 Å². The number of nitrogens with zero attached hydrogens (tertiary/aromatic N) is 1. The Kier molecular flexibility index (Phi) is 6.33. The number of carbonyl (C=O) groups is 2. The van der Waals surface area contributed by atoms with Crippen molar-refractivity contribution in [2.45, 2.75) is 37.5 Å². The van der Waals surface area contributed by atoms with E-state index in [1.165, 1.54) is 17.4 Å². The highest BCUT2D eigenvalue weighted by atomic mass is 35.5. The molecule has 5 rings (SSSR count). The average Bonchev–Trinajstić information content (AvgIpc) is 3.20. The van der Waals surface area contributed by atoms with Crippen LogP contribution in [0.4, 0.5) is 10.7 Å². The van der Waals surface area contributed by atoms with E-state index >= 15 is 0 Å². The minimum atomic E-state index is -3.99. The second-order valence-electron chi connectivity index (χ2n) is 8.35. The zero-order valence-electron chi connectivity index (χ0n) is 19.0. The van der Waals surface area contributed by atoms with Crippen LogP contribution in [0.2, 0.25) is 5.02 Å². The summed E-state index contributed by atoms with van der Waals surface area (Å²) in [4.78, 5) is 27.1. The molecule has 2 aromatic carbocycles. The summed E-state index contributed by atoms with van der Waals surface area (Å²) in [6.45, 7) is 1.51. The van der Waals surface area contributed by atoms with Crippen LogP contribution < -0.4 is 9.62 Å². The number of rotatable bonds is 5. The third-order valence-corrected chi connectivity index (χ3v) is 9.42. The first kappa shape index (κ1) is 23.8. The van der Waals surface area contributed by atoms with Gasteiger partial charge in [-0.15, -0.1) is 11.3 Å². The molecule has 2 aliphatic rings. The second kappa shape index (κ2) is 9.29. The Hall–Kier alpha value is -2.88. The molecule has 0 spiro atoms. The molecule has 1 aliphatic heterocycles. The molecule has 1 aliphatic carbocycles. The lowest BCUT2D eigenvalue weighted by Gasteiger charge is -2.31. The molecule has 35 heavy (non-hydrogen) atoms. The standard InChI is InChI=1S/C25H23ClN2O5S2/c1-2-33-25(30)23-17-8-3-5-9-20(17)34-24(23)27-22(29)14-28-19-12-11-15(26)13-18(19)16-7-4-6-10-21(16)35(28,31)32/h4,6-7,10-13H,2-3,5,8-9,14H2,1H3,(H,27,29). The monoisotopic (exact) mass is 530 g/mol. The van der Waals surface area contributed by atoms with Gasteiger partial charge in [-0.05, 0) is 62.4 Å². The number of sulfonamides is 1. The van der Waals surface area contributed by atoms with E-state index in [4.69, 9.17) is 16.3 Å². The Bertz CT molecular complexity index is 1450. The van der Waals surface area contributed by atoms with Gasteiger partial charge in [-0.25, -0.2) is 13.2 Å². The molecule has 7 nitrogen and oxygen atoms in total. The van der Waals surface area contributed by atoms with Gasteiger partial charge in [0.2, 0.25) is 5.91 Å². The van der Waals surface area contributed by atoms with Crippen molar-refractivity contribution in [1.82, 2.24) is 0 Å². The number of carbonyl (C=O) groups excluding carboxylic acids is 2. The van der Waals surface area contributed by atoms with Crippen molar-refractivity contribution < 1.29 is 22.7 Å². The third-order valence-electron chi connectivity index (χ3n) is 6.16. The normalized spacial score (nSPS) is 15.5. The van der Waals surface area contributed by atoms with Gasteiger partial charge in [-0.2, -0.15) is 0 Å². The number of fused-ring (bicyclic) bond motifs is 4. The predicted molar refractivity (Wildman–Crippen MR) is 137 cm³/mol. The molecule has 3 aromatic rings.